The van der Waals surface area contributed by atoms with Crippen LogP contribution in [0.1, 0.15) is 20.3 Å². The van der Waals surface area contributed by atoms with Gasteiger partial charge in [0.1, 0.15) is 6.04 Å². The molecule has 0 rings (SSSR count). The molecule has 0 aromatic heterocycles. The van der Waals surface area contributed by atoms with Crippen LogP contribution in [0, 0.1) is 0 Å². The van der Waals surface area contributed by atoms with Gasteiger partial charge >= 0.3 is 5.97 Å². The Morgan fingerprint density at radius 3 is 2.18 bits per heavy atom. The average molecular weight is 277 g/mol. The first-order chi connectivity index (χ1) is 7.68. The molecule has 4 nitrogen and oxygen atoms in total. The van der Waals surface area contributed by atoms with Crippen molar-refractivity contribution in [3.63, 3.8) is 0 Å². The normalized spacial score (nSPS) is 15.1. The maximum absolute atomic E-state index is 11.0. The summed E-state index contributed by atoms with van der Waals surface area (Å²) in [5, 5.41) is 11.5. The lowest BCUT2D eigenvalue weighted by molar-refractivity contribution is -0.140. The molecule has 0 aliphatic carbocycles. The topological polar surface area (TPSA) is 66.4 Å². The quantitative estimate of drug-likeness (QED) is 0.698. The number of carboxylic acids is 1. The van der Waals surface area contributed by atoms with Crippen LogP contribution >= 0.6 is 11.8 Å². The summed E-state index contributed by atoms with van der Waals surface area (Å²) < 4.78 is 0. The van der Waals surface area contributed by atoms with Crippen molar-refractivity contribution >= 4 is 31.7 Å². The number of hydrogen-bond acceptors (Lipinski definition) is 3. The maximum Gasteiger partial charge on any atom is 0.327 e. The van der Waals surface area contributed by atoms with E-state index in [4.69, 9.17) is 5.11 Å². The van der Waals surface area contributed by atoms with Gasteiger partial charge in [0.25, 0.3) is 0 Å². The van der Waals surface area contributed by atoms with Gasteiger partial charge in [-0.15, -0.1) is 0 Å². The highest BCUT2D eigenvalue weighted by Gasteiger charge is 2.28. The second-order valence-corrected chi connectivity index (χ2v) is 12.3. The summed E-state index contributed by atoms with van der Waals surface area (Å²) >= 11 is 1.67. The van der Waals surface area contributed by atoms with Crippen LogP contribution in [-0.4, -0.2) is 41.7 Å². The van der Waals surface area contributed by atoms with Crippen molar-refractivity contribution in [2.45, 2.75) is 50.8 Å². The molecule has 1 amide bonds. The zero-order valence-electron chi connectivity index (χ0n) is 11.2. The molecule has 0 bridgehead atoms. The van der Waals surface area contributed by atoms with Crippen molar-refractivity contribution in [2.24, 2.45) is 0 Å². The van der Waals surface area contributed by atoms with Crippen LogP contribution in [0.15, 0.2) is 0 Å². The lowest BCUT2D eigenvalue weighted by Gasteiger charge is -2.28. The van der Waals surface area contributed by atoms with E-state index in [1.807, 2.05) is 0 Å². The van der Waals surface area contributed by atoms with Gasteiger partial charge in [0.15, 0.2) is 0 Å². The van der Waals surface area contributed by atoms with Gasteiger partial charge in [0, 0.05) is 12.7 Å². The Labute approximate surface area is 109 Å². The molecule has 6 heteroatoms. The highest BCUT2D eigenvalue weighted by molar-refractivity contribution is 8.01. The molecule has 0 aromatic carbocycles. The van der Waals surface area contributed by atoms with E-state index in [0.29, 0.717) is 10.6 Å². The van der Waals surface area contributed by atoms with E-state index in [1.165, 1.54) is 6.92 Å². The van der Waals surface area contributed by atoms with Crippen LogP contribution in [0.4, 0.5) is 0 Å². The second kappa shape index (κ2) is 7.06. The third-order valence-electron chi connectivity index (χ3n) is 2.48. The lowest BCUT2D eigenvalue weighted by atomic mass is 10.3. The highest BCUT2D eigenvalue weighted by atomic mass is 32.2. The Hall–Kier alpha value is -0.493. The Balaban J connectivity index is 4.38. The van der Waals surface area contributed by atoms with E-state index in [2.05, 4.69) is 31.9 Å². The lowest BCUT2D eigenvalue weighted by Crippen LogP contribution is -2.43. The first kappa shape index (κ1) is 16.5. The predicted molar refractivity (Wildman–Crippen MR) is 75.1 cm³/mol. The van der Waals surface area contributed by atoms with Gasteiger partial charge in [-0.2, -0.15) is 11.8 Å². The summed E-state index contributed by atoms with van der Waals surface area (Å²) in [4.78, 5) is 22.4. The first-order valence-electron chi connectivity index (χ1n) is 5.80. The SMILES string of the molecule is CCC(SC[C@H](NC(C)=O)C(=O)O)[Si](C)(C)C. The molecular weight excluding hydrogens is 254 g/mol. The van der Waals surface area contributed by atoms with Crippen molar-refractivity contribution in [1.82, 2.24) is 5.32 Å². The van der Waals surface area contributed by atoms with Crippen molar-refractivity contribution in [1.29, 1.82) is 0 Å². The minimum atomic E-state index is -1.27. The number of amides is 1. The second-order valence-electron chi connectivity index (χ2n) is 5.19. The Morgan fingerprint density at radius 2 is 1.88 bits per heavy atom. The number of aliphatic carboxylic acids is 1. The van der Waals surface area contributed by atoms with E-state index in [0.717, 1.165) is 6.42 Å². The standard InChI is InChI=1S/C11H23NO3SSi/c1-6-10(17(3,4)5)16-7-9(11(14)15)12-8(2)13/h9-10H,6-7H2,1-5H3,(H,12,13)(H,14,15)/t9-,10?/m0/s1. The van der Waals surface area contributed by atoms with E-state index in [1.54, 1.807) is 11.8 Å². The average Bonchev–Trinajstić information content (AvgIpc) is 2.13. The number of nitrogens with one attached hydrogen (secondary N) is 1. The van der Waals surface area contributed by atoms with E-state index in [-0.39, 0.29) is 5.91 Å². The molecule has 0 aliphatic rings. The molecule has 17 heavy (non-hydrogen) atoms. The number of thioether (sulfide) groups is 1. The Morgan fingerprint density at radius 1 is 1.35 bits per heavy atom. The molecule has 1 unspecified atom stereocenters. The van der Waals surface area contributed by atoms with Crippen LogP contribution in [0.25, 0.3) is 0 Å². The van der Waals surface area contributed by atoms with Crippen molar-refractivity contribution in [3.05, 3.63) is 0 Å². The molecule has 2 atom stereocenters. The van der Waals surface area contributed by atoms with Gasteiger partial charge in [-0.25, -0.2) is 4.79 Å². The van der Waals surface area contributed by atoms with Gasteiger partial charge in [0.2, 0.25) is 5.91 Å². The first-order valence-corrected chi connectivity index (χ1v) is 10.4. The van der Waals surface area contributed by atoms with Crippen LogP contribution in [0.3, 0.4) is 0 Å². The number of carboxylic acid groups (broad SMARTS) is 1. The zero-order valence-corrected chi connectivity index (χ0v) is 13.1. The van der Waals surface area contributed by atoms with Gasteiger partial charge in [-0.05, 0) is 11.3 Å². The van der Waals surface area contributed by atoms with Gasteiger partial charge in [-0.1, -0.05) is 26.6 Å². The molecule has 100 valence electrons. The monoisotopic (exact) mass is 277 g/mol. The summed E-state index contributed by atoms with van der Waals surface area (Å²) in [7, 11) is -1.27. The summed E-state index contributed by atoms with van der Waals surface area (Å²) in [5.74, 6) is -0.810. The summed E-state index contributed by atoms with van der Waals surface area (Å²) in [6.07, 6.45) is 1.05. The molecular formula is C11H23NO3SSi. The summed E-state index contributed by atoms with van der Waals surface area (Å²) in [6.45, 7) is 10.3. The fraction of sp³-hybridized carbons (Fsp3) is 0.818. The molecule has 0 spiro atoms. The molecule has 0 aliphatic heterocycles. The molecule has 2 N–H and O–H groups in total. The fourth-order valence-corrected chi connectivity index (χ4v) is 6.01. The number of carbonyl (C=O) groups excluding carboxylic acids is 1. The molecule has 0 saturated carbocycles. The van der Waals surface area contributed by atoms with E-state index < -0.39 is 20.1 Å². The Kier molecular flexibility index (Phi) is 6.85. The molecule has 0 radical (unpaired) electrons. The molecule has 0 saturated heterocycles. The van der Waals surface area contributed by atoms with E-state index in [9.17, 15) is 9.59 Å². The van der Waals surface area contributed by atoms with Crippen LogP contribution in [0.5, 0.6) is 0 Å². The fourth-order valence-electron chi connectivity index (χ4n) is 1.61. The number of hydrogen-bond donors (Lipinski definition) is 2. The Bertz CT molecular complexity index is 278. The van der Waals surface area contributed by atoms with Gasteiger partial charge < -0.3 is 10.4 Å². The van der Waals surface area contributed by atoms with Crippen LogP contribution in [-0.2, 0) is 9.59 Å². The van der Waals surface area contributed by atoms with Crippen molar-refractivity contribution in [2.75, 3.05) is 5.75 Å². The minimum Gasteiger partial charge on any atom is -0.480 e. The molecule has 0 fully saturated rings. The number of carbonyl (C=O) groups is 2. The largest absolute Gasteiger partial charge is 0.480 e. The summed E-state index contributed by atoms with van der Waals surface area (Å²) in [5.41, 5.74) is 0. The molecule has 0 aromatic rings. The predicted octanol–water partition coefficient (Wildman–Crippen LogP) is 1.96. The van der Waals surface area contributed by atoms with Crippen molar-refractivity contribution in [3.8, 4) is 0 Å². The maximum atomic E-state index is 11.0. The van der Waals surface area contributed by atoms with Crippen molar-refractivity contribution < 1.29 is 14.7 Å². The summed E-state index contributed by atoms with van der Waals surface area (Å²) in [6, 6.07) is -0.775. The van der Waals surface area contributed by atoms with Gasteiger partial charge in [0.05, 0.1) is 8.07 Å². The van der Waals surface area contributed by atoms with Gasteiger partial charge in [-0.3, -0.25) is 4.79 Å². The van der Waals surface area contributed by atoms with Crippen LogP contribution < -0.4 is 5.32 Å². The van der Waals surface area contributed by atoms with E-state index >= 15 is 0 Å². The highest BCUT2D eigenvalue weighted by Crippen LogP contribution is 2.25. The minimum absolute atomic E-state index is 0.293. The zero-order chi connectivity index (χ0) is 13.6. The molecule has 0 heterocycles. The smallest absolute Gasteiger partial charge is 0.327 e. The number of rotatable bonds is 7. The van der Waals surface area contributed by atoms with Crippen LogP contribution in [0.2, 0.25) is 19.6 Å². The third-order valence-corrected chi connectivity index (χ3v) is 8.70. The third kappa shape index (κ3) is 6.73.